The third-order valence-electron chi connectivity index (χ3n) is 3.15. The summed E-state index contributed by atoms with van der Waals surface area (Å²) in [6.45, 7) is 2.67. The van der Waals surface area contributed by atoms with Crippen molar-refractivity contribution < 1.29 is 14.0 Å². The summed E-state index contributed by atoms with van der Waals surface area (Å²) >= 11 is 6.90. The molecule has 5 nitrogen and oxygen atoms in total. The largest absolute Gasteiger partial charge is 0.493 e. The Morgan fingerprint density at radius 2 is 1.75 bits per heavy atom. The summed E-state index contributed by atoms with van der Waals surface area (Å²) in [5, 5.41) is 4.02. The van der Waals surface area contributed by atoms with Crippen LogP contribution in [0.4, 0.5) is 0 Å². The summed E-state index contributed by atoms with van der Waals surface area (Å²) in [6, 6.07) is 13.3. The van der Waals surface area contributed by atoms with Crippen molar-refractivity contribution in [1.29, 1.82) is 0 Å². The second kappa shape index (κ2) is 7.81. The first-order valence-corrected chi connectivity index (χ1v) is 8.89. The van der Waals surface area contributed by atoms with Gasteiger partial charge in [0.25, 0.3) is 5.89 Å². The lowest BCUT2D eigenvalue weighted by molar-refractivity contribution is 0.240. The predicted molar refractivity (Wildman–Crippen MR) is 97.1 cm³/mol. The van der Waals surface area contributed by atoms with E-state index in [-0.39, 0.29) is 6.61 Å². The second-order valence-electron chi connectivity index (χ2n) is 4.78. The van der Waals surface area contributed by atoms with Crippen LogP contribution in [-0.4, -0.2) is 16.7 Å². The quantitative estimate of drug-likeness (QED) is 0.510. The molecule has 0 saturated carbocycles. The molecule has 0 aliphatic carbocycles. The molecule has 0 N–H and O–H groups in total. The molecule has 1 heterocycles. The van der Waals surface area contributed by atoms with Crippen LogP contribution in [0.1, 0.15) is 12.8 Å². The average molecular weight is 454 g/mol. The van der Waals surface area contributed by atoms with Crippen molar-refractivity contribution in [2.24, 2.45) is 0 Å². The van der Waals surface area contributed by atoms with E-state index in [1.807, 2.05) is 49.4 Å². The minimum absolute atomic E-state index is 0.172. The third-order valence-corrected chi connectivity index (χ3v) is 4.40. The maximum Gasteiger partial charge on any atom is 0.264 e. The van der Waals surface area contributed by atoms with Crippen molar-refractivity contribution in [2.45, 2.75) is 13.5 Å². The van der Waals surface area contributed by atoms with Crippen molar-refractivity contribution in [1.82, 2.24) is 10.1 Å². The van der Waals surface area contributed by atoms with Gasteiger partial charge in [0.2, 0.25) is 5.82 Å². The van der Waals surface area contributed by atoms with Gasteiger partial charge in [-0.05, 0) is 63.0 Å². The van der Waals surface area contributed by atoms with Crippen LogP contribution in [0.2, 0.25) is 0 Å². The van der Waals surface area contributed by atoms with Gasteiger partial charge >= 0.3 is 0 Å². The van der Waals surface area contributed by atoms with Crippen LogP contribution in [0.15, 0.2) is 55.9 Å². The number of halogens is 2. The molecule has 3 rings (SSSR count). The highest BCUT2D eigenvalue weighted by atomic mass is 79.9. The van der Waals surface area contributed by atoms with E-state index < -0.39 is 0 Å². The Morgan fingerprint density at radius 3 is 2.50 bits per heavy atom. The van der Waals surface area contributed by atoms with E-state index in [0.29, 0.717) is 24.1 Å². The van der Waals surface area contributed by atoms with Crippen molar-refractivity contribution in [2.75, 3.05) is 6.61 Å². The summed E-state index contributed by atoms with van der Waals surface area (Å²) in [4.78, 5) is 4.38. The van der Waals surface area contributed by atoms with Crippen molar-refractivity contribution in [3.63, 3.8) is 0 Å². The molecule has 2 aromatic carbocycles. The molecule has 0 saturated heterocycles. The lowest BCUT2D eigenvalue weighted by Crippen LogP contribution is -1.98. The molecule has 7 heteroatoms. The molecule has 0 spiro atoms. The minimum atomic E-state index is 0.172. The smallest absolute Gasteiger partial charge is 0.264 e. The molecule has 0 unspecified atom stereocenters. The van der Waals surface area contributed by atoms with E-state index in [9.17, 15) is 0 Å². The molecule has 0 amide bonds. The number of nitrogens with zero attached hydrogens (tertiary/aromatic N) is 2. The van der Waals surface area contributed by atoms with Crippen LogP contribution < -0.4 is 9.47 Å². The number of benzene rings is 2. The fourth-order valence-corrected chi connectivity index (χ4v) is 3.34. The van der Waals surface area contributed by atoms with E-state index in [1.165, 1.54) is 0 Å². The molecule has 1 aromatic heterocycles. The molecule has 0 atom stereocenters. The van der Waals surface area contributed by atoms with Crippen LogP contribution in [0.3, 0.4) is 0 Å². The van der Waals surface area contributed by atoms with Crippen molar-refractivity contribution in [3.05, 3.63) is 57.3 Å². The van der Waals surface area contributed by atoms with Gasteiger partial charge in [-0.1, -0.05) is 23.4 Å². The number of hydrogen-bond donors (Lipinski definition) is 0. The predicted octanol–water partition coefficient (Wildman–Crippen LogP) is 5.24. The number of para-hydroxylation sites is 2. The number of aromatic nitrogens is 2. The van der Waals surface area contributed by atoms with Gasteiger partial charge < -0.3 is 14.0 Å². The molecule has 0 bridgehead atoms. The van der Waals surface area contributed by atoms with Crippen LogP contribution >= 0.6 is 31.9 Å². The number of rotatable bonds is 6. The first-order chi connectivity index (χ1) is 11.7. The fraction of sp³-hybridized carbons (Fsp3) is 0.176. The summed E-state index contributed by atoms with van der Waals surface area (Å²) in [6.07, 6.45) is 0. The second-order valence-corrected chi connectivity index (χ2v) is 6.49. The lowest BCUT2D eigenvalue weighted by Gasteiger charge is -2.07. The third kappa shape index (κ3) is 3.79. The van der Waals surface area contributed by atoms with Crippen LogP contribution in [0, 0.1) is 0 Å². The van der Waals surface area contributed by atoms with Gasteiger partial charge in [0.15, 0.2) is 6.61 Å². The zero-order valence-electron chi connectivity index (χ0n) is 12.8. The zero-order chi connectivity index (χ0) is 16.9. The average Bonchev–Trinajstić information content (AvgIpc) is 3.04. The lowest BCUT2D eigenvalue weighted by atomic mass is 10.2. The molecular weight excluding hydrogens is 440 g/mol. The Morgan fingerprint density at radius 1 is 1.00 bits per heavy atom. The monoisotopic (exact) mass is 452 g/mol. The first-order valence-electron chi connectivity index (χ1n) is 7.30. The Kier molecular flexibility index (Phi) is 5.52. The molecular formula is C17H14Br2N2O3. The Labute approximate surface area is 156 Å². The summed E-state index contributed by atoms with van der Waals surface area (Å²) in [5.74, 6) is 2.27. The topological polar surface area (TPSA) is 57.4 Å². The Balaban J connectivity index is 1.77. The van der Waals surface area contributed by atoms with Gasteiger partial charge in [0.05, 0.1) is 21.1 Å². The molecule has 0 aliphatic heterocycles. The molecule has 3 aromatic rings. The van der Waals surface area contributed by atoms with Gasteiger partial charge in [-0.25, -0.2) is 0 Å². The maximum atomic E-state index is 5.76. The van der Waals surface area contributed by atoms with Crippen LogP contribution in [0.25, 0.3) is 11.4 Å². The van der Waals surface area contributed by atoms with Gasteiger partial charge in [0, 0.05) is 0 Å². The summed E-state index contributed by atoms with van der Waals surface area (Å²) in [5.41, 5.74) is 0.788. The summed E-state index contributed by atoms with van der Waals surface area (Å²) < 4.78 is 18.3. The van der Waals surface area contributed by atoms with Gasteiger partial charge in [-0.2, -0.15) is 4.98 Å². The molecule has 0 fully saturated rings. The zero-order valence-corrected chi connectivity index (χ0v) is 16.0. The molecule has 124 valence electrons. The summed E-state index contributed by atoms with van der Waals surface area (Å²) in [7, 11) is 0. The van der Waals surface area contributed by atoms with Gasteiger partial charge in [-0.15, -0.1) is 0 Å². The van der Waals surface area contributed by atoms with Crippen LogP contribution in [0.5, 0.6) is 11.5 Å². The molecule has 24 heavy (non-hydrogen) atoms. The standard InChI is InChI=1S/C17H14Br2N2O3/c1-2-22-14-9-4-3-6-11(14)17-20-15(24-21-17)10-23-16-12(18)7-5-8-13(16)19/h3-9H,2,10H2,1H3. The SMILES string of the molecule is CCOc1ccccc1-c1noc(COc2c(Br)cccc2Br)n1. The van der Waals surface area contributed by atoms with Crippen molar-refractivity contribution >= 4 is 31.9 Å². The number of ether oxygens (including phenoxy) is 2. The highest BCUT2D eigenvalue weighted by molar-refractivity contribution is 9.11. The van der Waals surface area contributed by atoms with Crippen molar-refractivity contribution in [3.8, 4) is 22.9 Å². The minimum Gasteiger partial charge on any atom is -0.493 e. The Hall–Kier alpha value is -1.86. The molecule has 0 radical (unpaired) electrons. The van der Waals surface area contributed by atoms with E-state index >= 15 is 0 Å². The van der Waals surface area contributed by atoms with E-state index in [4.69, 9.17) is 14.0 Å². The maximum absolute atomic E-state index is 5.76. The van der Waals surface area contributed by atoms with Gasteiger partial charge in [0.1, 0.15) is 11.5 Å². The fourth-order valence-electron chi connectivity index (χ4n) is 2.11. The van der Waals surface area contributed by atoms with Crippen LogP contribution in [-0.2, 0) is 6.61 Å². The van der Waals surface area contributed by atoms with Gasteiger partial charge in [-0.3, -0.25) is 0 Å². The normalized spacial score (nSPS) is 10.6. The number of hydrogen-bond acceptors (Lipinski definition) is 5. The Bertz CT molecular complexity index is 816. The first kappa shape index (κ1) is 17.0. The van der Waals surface area contributed by atoms with E-state index in [0.717, 1.165) is 20.3 Å². The van der Waals surface area contributed by atoms with E-state index in [1.54, 1.807) is 0 Å². The highest BCUT2D eigenvalue weighted by Crippen LogP contribution is 2.33. The molecule has 0 aliphatic rings. The van der Waals surface area contributed by atoms with E-state index in [2.05, 4.69) is 42.0 Å². The highest BCUT2D eigenvalue weighted by Gasteiger charge is 2.14.